The van der Waals surface area contributed by atoms with Crippen molar-refractivity contribution in [3.05, 3.63) is 106 Å². The smallest absolute Gasteiger partial charge is 0.291 e. The fourth-order valence-electron chi connectivity index (χ4n) is 6.11. The highest BCUT2D eigenvalue weighted by Gasteiger charge is 2.24. The molecule has 0 aliphatic carbocycles. The average Bonchev–Trinajstić information content (AvgIpc) is 3.38. The van der Waals surface area contributed by atoms with Crippen LogP contribution in [0.2, 0.25) is 0 Å². The number of fused-ring (bicyclic) bond motifs is 1. The summed E-state index contributed by atoms with van der Waals surface area (Å²) >= 11 is 0. The van der Waals surface area contributed by atoms with Gasteiger partial charge in [-0.15, -0.1) is 0 Å². The van der Waals surface area contributed by atoms with Gasteiger partial charge < -0.3 is 24.8 Å². The van der Waals surface area contributed by atoms with Gasteiger partial charge >= 0.3 is 0 Å². The second-order valence-corrected chi connectivity index (χ2v) is 11.8. The van der Waals surface area contributed by atoms with Crippen molar-refractivity contribution in [3.8, 4) is 28.3 Å². The van der Waals surface area contributed by atoms with Crippen molar-refractivity contribution < 1.29 is 13.9 Å². The third kappa shape index (κ3) is 5.83. The molecule has 1 aliphatic heterocycles. The Morgan fingerprint density at radius 3 is 2.46 bits per heavy atom. The van der Waals surface area contributed by atoms with E-state index < -0.39 is 0 Å². The number of carbonyl (C=O) groups excluding carboxylic acids is 1. The SMILES string of the molecule is COc1nc(-c2cccc(-c3cccc(NC(=O)c4nc5c(n4C)CCN(C)C5)c3C)c2C)ccc1CNc1ccnc(C)c1F. The molecule has 2 aromatic carbocycles. The molecule has 0 atom stereocenters. The molecule has 0 saturated heterocycles. The minimum absolute atomic E-state index is 0.224. The number of imidazole rings is 1. The Bertz CT molecular complexity index is 1950. The number of aryl methyl sites for hydroxylation is 1. The van der Waals surface area contributed by atoms with E-state index in [0.29, 0.717) is 29.6 Å². The Hall–Kier alpha value is -5.09. The fourth-order valence-corrected chi connectivity index (χ4v) is 6.11. The number of hydrogen-bond acceptors (Lipinski definition) is 7. The monoisotopic (exact) mass is 619 g/mol. The van der Waals surface area contributed by atoms with Crippen LogP contribution in [0.5, 0.6) is 5.88 Å². The predicted molar refractivity (Wildman–Crippen MR) is 179 cm³/mol. The van der Waals surface area contributed by atoms with Crippen LogP contribution in [0.1, 0.15) is 44.4 Å². The Kier molecular flexibility index (Phi) is 8.55. The summed E-state index contributed by atoms with van der Waals surface area (Å²) in [6.45, 7) is 7.75. The lowest BCUT2D eigenvalue weighted by molar-refractivity contribution is 0.101. The number of methoxy groups -OCH3 is 1. The minimum Gasteiger partial charge on any atom is -0.481 e. The van der Waals surface area contributed by atoms with E-state index in [-0.39, 0.29) is 11.7 Å². The van der Waals surface area contributed by atoms with E-state index >= 15 is 0 Å². The van der Waals surface area contributed by atoms with Crippen LogP contribution in [0.15, 0.2) is 60.8 Å². The Morgan fingerprint density at radius 2 is 1.67 bits per heavy atom. The summed E-state index contributed by atoms with van der Waals surface area (Å²) in [4.78, 5) is 29.1. The number of rotatable bonds is 8. The number of hydrogen-bond donors (Lipinski definition) is 2. The molecular weight excluding hydrogens is 581 g/mol. The summed E-state index contributed by atoms with van der Waals surface area (Å²) in [6, 6.07) is 17.6. The highest BCUT2D eigenvalue weighted by atomic mass is 19.1. The first kappa shape index (κ1) is 30.9. The maximum absolute atomic E-state index is 14.5. The number of amides is 1. The number of carbonyl (C=O) groups is 1. The molecule has 3 aromatic heterocycles. The number of nitrogens with zero attached hydrogens (tertiary/aromatic N) is 5. The van der Waals surface area contributed by atoms with E-state index in [9.17, 15) is 9.18 Å². The van der Waals surface area contributed by atoms with Crippen molar-refractivity contribution in [2.45, 2.75) is 40.3 Å². The molecule has 4 heterocycles. The maximum atomic E-state index is 14.5. The molecular formula is C36H38FN7O2. The molecule has 5 aromatic rings. The predicted octanol–water partition coefficient (Wildman–Crippen LogP) is 6.47. The van der Waals surface area contributed by atoms with E-state index in [4.69, 9.17) is 9.72 Å². The molecule has 236 valence electrons. The summed E-state index contributed by atoms with van der Waals surface area (Å²) in [5.41, 5.74) is 10.1. The quantitative estimate of drug-likeness (QED) is 0.206. The lowest BCUT2D eigenvalue weighted by Crippen LogP contribution is -2.27. The second kappa shape index (κ2) is 12.7. The van der Waals surface area contributed by atoms with E-state index in [1.807, 2.05) is 54.9 Å². The zero-order chi connectivity index (χ0) is 32.5. The number of nitrogens with one attached hydrogen (secondary N) is 2. The summed E-state index contributed by atoms with van der Waals surface area (Å²) < 4.78 is 22.0. The van der Waals surface area contributed by atoms with Gasteiger partial charge in [0.05, 0.1) is 29.9 Å². The molecule has 1 amide bonds. The van der Waals surface area contributed by atoms with Crippen molar-refractivity contribution in [1.82, 2.24) is 24.4 Å². The zero-order valence-corrected chi connectivity index (χ0v) is 27.0. The van der Waals surface area contributed by atoms with Crippen LogP contribution >= 0.6 is 0 Å². The van der Waals surface area contributed by atoms with Crippen molar-refractivity contribution >= 4 is 17.3 Å². The normalized spacial score (nSPS) is 12.9. The number of benzene rings is 2. The molecule has 9 nitrogen and oxygen atoms in total. The van der Waals surface area contributed by atoms with Gasteiger partial charge in [-0.2, -0.15) is 0 Å². The van der Waals surface area contributed by atoms with Gasteiger partial charge in [-0.05, 0) is 74.3 Å². The molecule has 0 radical (unpaired) electrons. The van der Waals surface area contributed by atoms with E-state index in [1.165, 1.54) is 0 Å². The first-order valence-corrected chi connectivity index (χ1v) is 15.3. The Morgan fingerprint density at radius 1 is 0.935 bits per heavy atom. The molecule has 0 fully saturated rings. The van der Waals surface area contributed by atoms with Gasteiger partial charge in [0.25, 0.3) is 5.91 Å². The maximum Gasteiger partial charge on any atom is 0.291 e. The van der Waals surface area contributed by atoms with Crippen LogP contribution in [0.4, 0.5) is 15.8 Å². The van der Waals surface area contributed by atoms with E-state index in [2.05, 4.69) is 51.6 Å². The largest absolute Gasteiger partial charge is 0.481 e. The van der Waals surface area contributed by atoms with Crippen LogP contribution in [0.25, 0.3) is 22.4 Å². The zero-order valence-electron chi connectivity index (χ0n) is 27.0. The molecule has 46 heavy (non-hydrogen) atoms. The van der Waals surface area contributed by atoms with Crippen molar-refractivity contribution in [2.75, 3.05) is 31.3 Å². The number of ether oxygens (including phenoxy) is 1. The molecule has 10 heteroatoms. The molecule has 0 saturated carbocycles. The van der Waals surface area contributed by atoms with Crippen molar-refractivity contribution in [3.63, 3.8) is 0 Å². The van der Waals surface area contributed by atoms with Gasteiger partial charge in [0.15, 0.2) is 11.6 Å². The van der Waals surface area contributed by atoms with Crippen molar-refractivity contribution in [1.29, 1.82) is 0 Å². The molecule has 1 aliphatic rings. The van der Waals surface area contributed by atoms with Crippen LogP contribution in [-0.2, 0) is 26.6 Å². The molecule has 2 N–H and O–H groups in total. The second-order valence-electron chi connectivity index (χ2n) is 11.8. The number of halogens is 1. The lowest BCUT2D eigenvalue weighted by Gasteiger charge is -2.21. The Labute approximate surface area is 268 Å². The van der Waals surface area contributed by atoms with Gasteiger partial charge in [-0.25, -0.2) is 14.4 Å². The average molecular weight is 620 g/mol. The standard InChI is InChI=1S/C36H38FN7O2/c1-21-25(26-10-8-12-28(22(26)2)41-35(45)34-40-31-20-43(4)18-16-32(31)44(34)5)9-7-11-27(21)29-14-13-24(36(42-29)46-6)19-39-30-15-17-38-23(3)33(30)37/h7-15,17H,16,18-20H2,1-6H3,(H,38,39)(H,41,45). The summed E-state index contributed by atoms with van der Waals surface area (Å²) in [5, 5.41) is 6.24. The first-order valence-electron chi connectivity index (χ1n) is 15.3. The van der Waals surface area contributed by atoms with Gasteiger partial charge in [0.1, 0.15) is 0 Å². The van der Waals surface area contributed by atoms with Gasteiger partial charge in [0, 0.05) is 61.8 Å². The number of aromatic nitrogens is 4. The summed E-state index contributed by atoms with van der Waals surface area (Å²) in [7, 11) is 5.56. The van der Waals surface area contributed by atoms with Gasteiger partial charge in [-0.1, -0.05) is 30.3 Å². The first-order chi connectivity index (χ1) is 22.2. The topological polar surface area (TPSA) is 97.2 Å². The number of pyridine rings is 2. The minimum atomic E-state index is -0.374. The Balaban J connectivity index is 1.26. The molecule has 0 unspecified atom stereocenters. The highest BCUT2D eigenvalue weighted by Crippen LogP contribution is 2.36. The third-order valence-electron chi connectivity index (χ3n) is 8.80. The van der Waals surface area contributed by atoms with Gasteiger partial charge in [-0.3, -0.25) is 9.78 Å². The van der Waals surface area contributed by atoms with Gasteiger partial charge in [0.2, 0.25) is 5.88 Å². The number of likely N-dealkylation sites (N-methyl/N-ethyl adjacent to an activating group) is 1. The molecule has 6 rings (SSSR count). The fraction of sp³-hybridized carbons (Fsp3) is 0.278. The summed E-state index contributed by atoms with van der Waals surface area (Å²) in [6.07, 6.45) is 2.45. The van der Waals surface area contributed by atoms with E-state index in [1.54, 1.807) is 26.3 Å². The highest BCUT2D eigenvalue weighted by molar-refractivity contribution is 6.03. The van der Waals surface area contributed by atoms with Crippen LogP contribution < -0.4 is 15.4 Å². The third-order valence-corrected chi connectivity index (χ3v) is 8.80. The van der Waals surface area contributed by atoms with Crippen LogP contribution in [0, 0.1) is 26.6 Å². The van der Waals surface area contributed by atoms with E-state index in [0.717, 1.165) is 75.7 Å². The lowest BCUT2D eigenvalue weighted by atomic mass is 9.91. The molecule has 0 bridgehead atoms. The van der Waals surface area contributed by atoms with Crippen molar-refractivity contribution in [2.24, 2.45) is 7.05 Å². The number of anilines is 2. The summed E-state index contributed by atoms with van der Waals surface area (Å²) in [5.74, 6) is 0.284. The van der Waals surface area contributed by atoms with Crippen LogP contribution in [-0.4, -0.2) is 51.0 Å². The van der Waals surface area contributed by atoms with Crippen LogP contribution in [0.3, 0.4) is 0 Å². The molecule has 0 spiro atoms.